The summed E-state index contributed by atoms with van der Waals surface area (Å²) in [6.07, 6.45) is 4.28. The molecule has 0 unspecified atom stereocenters. The van der Waals surface area contributed by atoms with Gasteiger partial charge in [-0.05, 0) is 39.9 Å². The molecule has 1 heterocycles. The molecule has 1 fully saturated rings. The topological polar surface area (TPSA) is 23.5 Å². The SMILES string of the molecule is CC.CC.CCO.CN1CCCCC1. The van der Waals surface area contributed by atoms with E-state index >= 15 is 0 Å². The fraction of sp³-hybridized carbons (Fsp3) is 1.00. The lowest BCUT2D eigenvalue weighted by atomic mass is 10.1. The molecule has 1 rings (SSSR count). The van der Waals surface area contributed by atoms with Crippen LogP contribution in [-0.4, -0.2) is 36.8 Å². The predicted molar refractivity (Wildman–Crippen MR) is 66.8 cm³/mol. The van der Waals surface area contributed by atoms with E-state index in [4.69, 9.17) is 5.11 Å². The quantitative estimate of drug-likeness (QED) is 0.656. The van der Waals surface area contributed by atoms with Crippen molar-refractivity contribution in [3.63, 3.8) is 0 Å². The molecule has 90 valence electrons. The van der Waals surface area contributed by atoms with Gasteiger partial charge in [0.25, 0.3) is 0 Å². The van der Waals surface area contributed by atoms with Gasteiger partial charge in [-0.2, -0.15) is 0 Å². The van der Waals surface area contributed by atoms with Gasteiger partial charge in [-0.25, -0.2) is 0 Å². The van der Waals surface area contributed by atoms with Crippen LogP contribution in [0.2, 0.25) is 0 Å². The molecule has 1 N–H and O–H groups in total. The van der Waals surface area contributed by atoms with Gasteiger partial charge in [0.15, 0.2) is 0 Å². The van der Waals surface area contributed by atoms with Crippen LogP contribution >= 0.6 is 0 Å². The van der Waals surface area contributed by atoms with Crippen LogP contribution in [0.5, 0.6) is 0 Å². The normalized spacial score (nSPS) is 14.8. The number of hydrogen-bond donors (Lipinski definition) is 1. The molecule has 0 bridgehead atoms. The molecule has 0 atom stereocenters. The van der Waals surface area contributed by atoms with E-state index in [9.17, 15) is 0 Å². The van der Waals surface area contributed by atoms with E-state index in [1.807, 2.05) is 27.7 Å². The number of rotatable bonds is 0. The largest absolute Gasteiger partial charge is 0.397 e. The molecular formula is C12H31NO. The van der Waals surface area contributed by atoms with Crippen LogP contribution in [0.25, 0.3) is 0 Å². The van der Waals surface area contributed by atoms with Gasteiger partial charge in [0.1, 0.15) is 0 Å². The van der Waals surface area contributed by atoms with Crippen LogP contribution in [0.15, 0.2) is 0 Å². The van der Waals surface area contributed by atoms with Crippen molar-refractivity contribution in [2.24, 2.45) is 0 Å². The van der Waals surface area contributed by atoms with Crippen molar-refractivity contribution in [2.75, 3.05) is 26.7 Å². The molecule has 0 radical (unpaired) electrons. The van der Waals surface area contributed by atoms with E-state index < -0.39 is 0 Å². The Morgan fingerprint density at radius 1 is 0.929 bits per heavy atom. The van der Waals surface area contributed by atoms with Crippen LogP contribution in [0.3, 0.4) is 0 Å². The number of likely N-dealkylation sites (tertiary alicyclic amines) is 1. The average Bonchev–Trinajstić information content (AvgIpc) is 2.26. The molecule has 2 heteroatoms. The van der Waals surface area contributed by atoms with Crippen LogP contribution in [0, 0.1) is 0 Å². The highest BCUT2D eigenvalue weighted by Gasteiger charge is 2.02. The summed E-state index contributed by atoms with van der Waals surface area (Å²) >= 11 is 0. The third kappa shape index (κ3) is 22.7. The Morgan fingerprint density at radius 3 is 1.36 bits per heavy atom. The Morgan fingerprint density at radius 2 is 1.21 bits per heavy atom. The first-order valence-corrected chi connectivity index (χ1v) is 6.10. The van der Waals surface area contributed by atoms with Crippen LogP contribution in [0.4, 0.5) is 0 Å². The summed E-state index contributed by atoms with van der Waals surface area (Å²) in [5, 5.41) is 7.57. The molecule has 1 saturated heterocycles. The Balaban J connectivity index is -0.000000148. The van der Waals surface area contributed by atoms with Crippen molar-refractivity contribution in [1.29, 1.82) is 0 Å². The minimum Gasteiger partial charge on any atom is -0.397 e. The summed E-state index contributed by atoms with van der Waals surface area (Å²) in [6, 6.07) is 0. The summed E-state index contributed by atoms with van der Waals surface area (Å²) in [4.78, 5) is 2.39. The highest BCUT2D eigenvalue weighted by atomic mass is 16.2. The molecular weight excluding hydrogens is 174 g/mol. The van der Waals surface area contributed by atoms with E-state index in [1.54, 1.807) is 6.92 Å². The molecule has 2 nitrogen and oxygen atoms in total. The fourth-order valence-corrected chi connectivity index (χ4v) is 1.05. The molecule has 0 aromatic rings. The number of hydrogen-bond acceptors (Lipinski definition) is 2. The van der Waals surface area contributed by atoms with Crippen LogP contribution in [-0.2, 0) is 0 Å². The Labute approximate surface area is 91.3 Å². The number of piperidine rings is 1. The second-order valence-electron chi connectivity index (χ2n) is 2.68. The zero-order chi connectivity index (χ0) is 11.8. The van der Waals surface area contributed by atoms with Crippen LogP contribution < -0.4 is 0 Å². The molecule has 0 aromatic heterocycles. The lowest BCUT2D eigenvalue weighted by molar-refractivity contribution is 0.277. The fourth-order valence-electron chi connectivity index (χ4n) is 1.05. The van der Waals surface area contributed by atoms with E-state index in [1.165, 1.54) is 32.4 Å². The lowest BCUT2D eigenvalue weighted by Crippen LogP contribution is -2.24. The maximum atomic E-state index is 7.57. The zero-order valence-corrected chi connectivity index (χ0v) is 11.1. The van der Waals surface area contributed by atoms with Crippen LogP contribution in [0.1, 0.15) is 53.9 Å². The first-order chi connectivity index (χ1) is 6.81. The lowest BCUT2D eigenvalue weighted by Gasteiger charge is -2.20. The van der Waals surface area contributed by atoms with Gasteiger partial charge in [-0.3, -0.25) is 0 Å². The second kappa shape index (κ2) is 23.1. The van der Waals surface area contributed by atoms with Crippen molar-refractivity contribution >= 4 is 0 Å². The molecule has 0 amide bonds. The van der Waals surface area contributed by atoms with Gasteiger partial charge >= 0.3 is 0 Å². The molecule has 1 aliphatic heterocycles. The first-order valence-electron chi connectivity index (χ1n) is 6.10. The maximum absolute atomic E-state index is 7.57. The summed E-state index contributed by atoms with van der Waals surface area (Å²) in [5.41, 5.74) is 0. The molecule has 0 saturated carbocycles. The molecule has 0 aromatic carbocycles. The second-order valence-corrected chi connectivity index (χ2v) is 2.68. The van der Waals surface area contributed by atoms with Crippen molar-refractivity contribution in [3.05, 3.63) is 0 Å². The van der Waals surface area contributed by atoms with Gasteiger partial charge in [0.2, 0.25) is 0 Å². The molecule has 0 spiro atoms. The van der Waals surface area contributed by atoms with E-state index in [0.29, 0.717) is 0 Å². The summed E-state index contributed by atoms with van der Waals surface area (Å²) in [5.74, 6) is 0. The van der Waals surface area contributed by atoms with Gasteiger partial charge in [-0.15, -0.1) is 0 Å². The van der Waals surface area contributed by atoms with Crippen molar-refractivity contribution < 1.29 is 5.11 Å². The summed E-state index contributed by atoms with van der Waals surface area (Å²) in [7, 11) is 2.19. The van der Waals surface area contributed by atoms with E-state index in [-0.39, 0.29) is 6.61 Å². The van der Waals surface area contributed by atoms with E-state index in [0.717, 1.165) is 0 Å². The number of nitrogens with zero attached hydrogens (tertiary/aromatic N) is 1. The number of aliphatic hydroxyl groups is 1. The van der Waals surface area contributed by atoms with Crippen molar-refractivity contribution in [1.82, 2.24) is 4.90 Å². The van der Waals surface area contributed by atoms with Gasteiger partial charge in [0, 0.05) is 6.61 Å². The highest BCUT2D eigenvalue weighted by Crippen LogP contribution is 2.04. The maximum Gasteiger partial charge on any atom is 0.0402 e. The molecule has 14 heavy (non-hydrogen) atoms. The minimum absolute atomic E-state index is 0.250. The van der Waals surface area contributed by atoms with Gasteiger partial charge < -0.3 is 10.0 Å². The number of aliphatic hydroxyl groups excluding tert-OH is 1. The van der Waals surface area contributed by atoms with Gasteiger partial charge in [0.05, 0.1) is 0 Å². The van der Waals surface area contributed by atoms with Crippen molar-refractivity contribution in [3.8, 4) is 0 Å². The standard InChI is InChI=1S/C6H13N.C2H6O.2C2H6/c1-7-5-3-2-4-6-7;1-2-3;2*1-2/h2-6H2,1H3;3H,2H2,1H3;2*1-2H3. The van der Waals surface area contributed by atoms with Gasteiger partial charge in [-0.1, -0.05) is 34.1 Å². The summed E-state index contributed by atoms with van der Waals surface area (Å²) in [6.45, 7) is 12.6. The Hall–Kier alpha value is -0.0800. The third-order valence-electron chi connectivity index (χ3n) is 1.58. The highest BCUT2D eigenvalue weighted by molar-refractivity contribution is 4.58. The van der Waals surface area contributed by atoms with E-state index in [2.05, 4.69) is 11.9 Å². The Bertz CT molecular complexity index is 61.3. The molecule has 0 aliphatic carbocycles. The Kier molecular flexibility index (Phi) is 32.1. The average molecular weight is 205 g/mol. The van der Waals surface area contributed by atoms with Crippen molar-refractivity contribution in [2.45, 2.75) is 53.9 Å². The monoisotopic (exact) mass is 205 g/mol. The zero-order valence-electron chi connectivity index (χ0n) is 11.1. The smallest absolute Gasteiger partial charge is 0.0402 e. The summed E-state index contributed by atoms with van der Waals surface area (Å²) < 4.78 is 0. The first kappa shape index (κ1) is 19.5. The third-order valence-corrected chi connectivity index (χ3v) is 1.58. The molecule has 1 aliphatic rings. The minimum atomic E-state index is 0.250. The predicted octanol–water partition coefficient (Wildman–Crippen LogP) is 3.15.